The van der Waals surface area contributed by atoms with Gasteiger partial charge in [-0.05, 0) is 19.4 Å². The molecule has 0 atom stereocenters. The van der Waals surface area contributed by atoms with Gasteiger partial charge in [0.1, 0.15) is 6.26 Å². The van der Waals surface area contributed by atoms with Crippen LogP contribution in [0.15, 0.2) is 26.3 Å². The third-order valence-electron chi connectivity index (χ3n) is 5.34. The zero-order valence-electron chi connectivity index (χ0n) is 14.9. The number of rotatable bonds is 5. The molecule has 2 aromatic heterocycles. The fourth-order valence-corrected chi connectivity index (χ4v) is 5.01. The Labute approximate surface area is 153 Å². The van der Waals surface area contributed by atoms with E-state index in [0.29, 0.717) is 36.4 Å². The van der Waals surface area contributed by atoms with Gasteiger partial charge in [0.25, 0.3) is 15.9 Å². The first kappa shape index (κ1) is 17.7. The molecule has 1 aliphatic heterocycles. The van der Waals surface area contributed by atoms with Gasteiger partial charge in [-0.25, -0.2) is 8.42 Å². The summed E-state index contributed by atoms with van der Waals surface area (Å²) in [5.74, 6) is 1.27. The molecular weight excluding hydrogens is 356 g/mol. The Morgan fingerprint density at radius 2 is 1.88 bits per heavy atom. The van der Waals surface area contributed by atoms with Crippen molar-refractivity contribution >= 4 is 10.0 Å². The first-order chi connectivity index (χ1) is 12.6. The Morgan fingerprint density at radius 3 is 2.58 bits per heavy atom. The Kier molecular flexibility index (Phi) is 4.85. The van der Waals surface area contributed by atoms with Crippen LogP contribution in [0.5, 0.6) is 0 Å². The minimum absolute atomic E-state index is 0.0712. The Hall–Kier alpha value is -1.71. The summed E-state index contributed by atoms with van der Waals surface area (Å²) in [4.78, 5) is 2.22. The molecule has 26 heavy (non-hydrogen) atoms. The highest BCUT2D eigenvalue weighted by atomic mass is 32.2. The van der Waals surface area contributed by atoms with E-state index in [0.717, 1.165) is 32.5 Å². The van der Waals surface area contributed by atoms with Gasteiger partial charge in [0.2, 0.25) is 11.0 Å². The second-order valence-electron chi connectivity index (χ2n) is 6.92. The monoisotopic (exact) mass is 380 g/mol. The topological polar surface area (TPSA) is 92.7 Å². The van der Waals surface area contributed by atoms with Crippen LogP contribution in [0, 0.1) is 0 Å². The van der Waals surface area contributed by atoms with Crippen LogP contribution in [0.25, 0.3) is 11.5 Å². The quantitative estimate of drug-likeness (QED) is 0.786. The maximum absolute atomic E-state index is 12.8. The number of sulfonamides is 1. The van der Waals surface area contributed by atoms with Crippen LogP contribution in [0.3, 0.4) is 0 Å². The SMILES string of the molecule is CCN1CCN(S(=O)(=O)c2cc(-c3nnc(C4CCCC4)o3)co2)CC1. The molecule has 0 radical (unpaired) electrons. The Bertz CT molecular complexity index is 846. The van der Waals surface area contributed by atoms with Crippen molar-refractivity contribution in [2.45, 2.75) is 43.6 Å². The minimum atomic E-state index is -3.64. The van der Waals surface area contributed by atoms with Crippen LogP contribution in [0.4, 0.5) is 0 Å². The molecule has 8 nitrogen and oxygen atoms in total. The zero-order chi connectivity index (χ0) is 18.1. The maximum atomic E-state index is 12.8. The third-order valence-corrected chi connectivity index (χ3v) is 7.11. The van der Waals surface area contributed by atoms with Crippen molar-refractivity contribution < 1.29 is 17.3 Å². The van der Waals surface area contributed by atoms with Gasteiger partial charge in [0, 0.05) is 38.2 Å². The molecule has 0 spiro atoms. The summed E-state index contributed by atoms with van der Waals surface area (Å²) in [6.45, 7) is 5.42. The summed E-state index contributed by atoms with van der Waals surface area (Å²) in [5.41, 5.74) is 0.507. The molecule has 0 aromatic carbocycles. The van der Waals surface area contributed by atoms with Crippen molar-refractivity contribution in [3.8, 4) is 11.5 Å². The Morgan fingerprint density at radius 1 is 1.15 bits per heavy atom. The number of furan rings is 1. The second kappa shape index (κ2) is 7.13. The smallest absolute Gasteiger partial charge is 0.276 e. The number of likely N-dealkylation sites (N-methyl/N-ethyl adjacent to an activating group) is 1. The first-order valence-electron chi connectivity index (χ1n) is 9.22. The van der Waals surface area contributed by atoms with E-state index in [-0.39, 0.29) is 5.09 Å². The van der Waals surface area contributed by atoms with Crippen molar-refractivity contribution in [2.24, 2.45) is 0 Å². The summed E-state index contributed by atoms with van der Waals surface area (Å²) in [7, 11) is -3.64. The molecule has 1 aliphatic carbocycles. The van der Waals surface area contributed by atoms with Crippen LogP contribution < -0.4 is 0 Å². The van der Waals surface area contributed by atoms with Crippen LogP contribution in [-0.2, 0) is 10.0 Å². The minimum Gasteiger partial charge on any atom is -0.451 e. The highest BCUT2D eigenvalue weighted by Crippen LogP contribution is 2.35. The van der Waals surface area contributed by atoms with Gasteiger partial charge in [-0.3, -0.25) is 0 Å². The summed E-state index contributed by atoms with van der Waals surface area (Å²) < 4.78 is 38.2. The van der Waals surface area contributed by atoms with Crippen molar-refractivity contribution in [3.05, 3.63) is 18.2 Å². The summed E-state index contributed by atoms with van der Waals surface area (Å²) in [6.07, 6.45) is 5.87. The summed E-state index contributed by atoms with van der Waals surface area (Å²) in [5, 5.41) is 8.13. The lowest BCUT2D eigenvalue weighted by Gasteiger charge is -2.32. The van der Waals surface area contributed by atoms with E-state index in [1.807, 2.05) is 0 Å². The van der Waals surface area contributed by atoms with Crippen LogP contribution in [-0.4, -0.2) is 60.5 Å². The predicted molar refractivity (Wildman–Crippen MR) is 94.1 cm³/mol. The molecular formula is C17H24N4O4S. The molecule has 1 saturated heterocycles. The van der Waals surface area contributed by atoms with Gasteiger partial charge in [-0.1, -0.05) is 19.8 Å². The van der Waals surface area contributed by atoms with Gasteiger partial charge >= 0.3 is 0 Å². The normalized spacial score (nSPS) is 20.8. The molecule has 3 heterocycles. The number of hydrogen-bond acceptors (Lipinski definition) is 7. The molecule has 0 N–H and O–H groups in total. The lowest BCUT2D eigenvalue weighted by Crippen LogP contribution is -2.48. The van der Waals surface area contributed by atoms with Crippen molar-refractivity contribution in [1.29, 1.82) is 0 Å². The predicted octanol–water partition coefficient (Wildman–Crippen LogP) is 2.31. The van der Waals surface area contributed by atoms with Crippen molar-refractivity contribution in [2.75, 3.05) is 32.7 Å². The molecule has 2 fully saturated rings. The van der Waals surface area contributed by atoms with Gasteiger partial charge in [-0.2, -0.15) is 4.31 Å². The van der Waals surface area contributed by atoms with E-state index in [4.69, 9.17) is 8.83 Å². The lowest BCUT2D eigenvalue weighted by molar-refractivity contribution is 0.194. The number of nitrogens with zero attached hydrogens (tertiary/aromatic N) is 4. The van der Waals surface area contributed by atoms with E-state index in [1.54, 1.807) is 0 Å². The summed E-state index contributed by atoms with van der Waals surface area (Å²) >= 11 is 0. The maximum Gasteiger partial charge on any atom is 0.276 e. The molecule has 4 rings (SSSR count). The van der Waals surface area contributed by atoms with Crippen LogP contribution in [0.1, 0.15) is 44.4 Å². The van der Waals surface area contributed by atoms with E-state index in [2.05, 4.69) is 22.0 Å². The molecule has 0 bridgehead atoms. The fourth-order valence-electron chi connectivity index (χ4n) is 3.67. The van der Waals surface area contributed by atoms with Crippen LogP contribution >= 0.6 is 0 Å². The average Bonchev–Trinajstić information content (AvgIpc) is 3.41. The van der Waals surface area contributed by atoms with E-state index >= 15 is 0 Å². The van der Waals surface area contributed by atoms with Crippen LogP contribution in [0.2, 0.25) is 0 Å². The molecule has 2 aliphatic rings. The second-order valence-corrected chi connectivity index (χ2v) is 8.79. The highest BCUT2D eigenvalue weighted by Gasteiger charge is 2.31. The number of hydrogen-bond donors (Lipinski definition) is 0. The molecule has 1 saturated carbocycles. The van der Waals surface area contributed by atoms with Crippen molar-refractivity contribution in [1.82, 2.24) is 19.4 Å². The zero-order valence-corrected chi connectivity index (χ0v) is 15.7. The van der Waals surface area contributed by atoms with Gasteiger partial charge < -0.3 is 13.7 Å². The third kappa shape index (κ3) is 3.30. The molecule has 0 amide bonds. The van der Waals surface area contributed by atoms with Gasteiger partial charge in [0.05, 0.1) is 5.56 Å². The van der Waals surface area contributed by atoms with E-state index < -0.39 is 10.0 Å². The average molecular weight is 380 g/mol. The van der Waals surface area contributed by atoms with E-state index in [1.165, 1.54) is 29.5 Å². The molecule has 0 unspecified atom stereocenters. The lowest BCUT2D eigenvalue weighted by atomic mass is 10.1. The number of piperazine rings is 1. The molecule has 142 valence electrons. The number of aromatic nitrogens is 2. The first-order valence-corrected chi connectivity index (χ1v) is 10.7. The van der Waals surface area contributed by atoms with Crippen molar-refractivity contribution in [3.63, 3.8) is 0 Å². The summed E-state index contributed by atoms with van der Waals surface area (Å²) in [6, 6.07) is 1.48. The highest BCUT2D eigenvalue weighted by molar-refractivity contribution is 7.89. The standard InChI is InChI=1S/C17H24N4O4S/c1-2-20-7-9-21(10-8-20)26(22,23)15-11-14(12-24-15)17-19-18-16(25-17)13-5-3-4-6-13/h11-13H,2-10H2,1H3. The van der Waals surface area contributed by atoms with E-state index in [9.17, 15) is 8.42 Å². The Balaban J connectivity index is 1.50. The van der Waals surface area contributed by atoms with Gasteiger partial charge in [0.15, 0.2) is 0 Å². The largest absolute Gasteiger partial charge is 0.451 e. The fraction of sp³-hybridized carbons (Fsp3) is 0.647. The van der Waals surface area contributed by atoms with Gasteiger partial charge in [-0.15, -0.1) is 10.2 Å². The molecule has 9 heteroatoms. The molecule has 2 aromatic rings.